The summed E-state index contributed by atoms with van der Waals surface area (Å²) >= 11 is 0. The molecule has 2 aliphatic carbocycles. The molecule has 3 N–H and O–H groups in total. The van der Waals surface area contributed by atoms with E-state index in [4.69, 9.17) is 5.73 Å². The van der Waals surface area contributed by atoms with E-state index in [1.807, 2.05) is 6.07 Å². The van der Waals surface area contributed by atoms with Gasteiger partial charge in [-0.3, -0.25) is 0 Å². The Morgan fingerprint density at radius 1 is 1.32 bits per heavy atom. The maximum atomic E-state index is 5.87. The first-order chi connectivity index (χ1) is 9.22. The van der Waals surface area contributed by atoms with Crippen molar-refractivity contribution in [3.63, 3.8) is 0 Å². The summed E-state index contributed by atoms with van der Waals surface area (Å²) in [5.41, 5.74) is 10.3. The summed E-state index contributed by atoms with van der Waals surface area (Å²) in [6.45, 7) is 3.55. The molecule has 1 aromatic rings. The summed E-state index contributed by atoms with van der Waals surface area (Å²) in [5.74, 6) is 0. The van der Waals surface area contributed by atoms with Crippen molar-refractivity contribution in [3.8, 4) is 0 Å². The molecule has 0 radical (unpaired) electrons. The summed E-state index contributed by atoms with van der Waals surface area (Å²) in [7, 11) is 0. The van der Waals surface area contributed by atoms with Crippen LogP contribution in [0, 0.1) is 5.41 Å². The SMILES string of the molecule is CCC1(CNC2CCc3cc(N)ccc32)CCCC1. The van der Waals surface area contributed by atoms with Gasteiger partial charge in [-0.05, 0) is 60.8 Å². The fourth-order valence-corrected chi connectivity index (χ4v) is 3.97. The summed E-state index contributed by atoms with van der Waals surface area (Å²) in [4.78, 5) is 0. The van der Waals surface area contributed by atoms with Crippen LogP contribution in [0.15, 0.2) is 18.2 Å². The zero-order valence-corrected chi connectivity index (χ0v) is 12.0. The lowest BCUT2D eigenvalue weighted by Gasteiger charge is -2.30. The van der Waals surface area contributed by atoms with Crippen molar-refractivity contribution >= 4 is 5.69 Å². The van der Waals surface area contributed by atoms with E-state index in [1.165, 1.54) is 62.6 Å². The van der Waals surface area contributed by atoms with Crippen molar-refractivity contribution in [2.45, 2.75) is 57.9 Å². The highest BCUT2D eigenvalue weighted by molar-refractivity contribution is 5.47. The molecule has 0 aliphatic heterocycles. The summed E-state index contributed by atoms with van der Waals surface area (Å²) < 4.78 is 0. The van der Waals surface area contributed by atoms with E-state index < -0.39 is 0 Å². The average Bonchev–Trinajstić information content (AvgIpc) is 3.03. The van der Waals surface area contributed by atoms with Crippen LogP contribution < -0.4 is 11.1 Å². The van der Waals surface area contributed by atoms with Gasteiger partial charge < -0.3 is 11.1 Å². The third kappa shape index (κ3) is 2.51. The Balaban J connectivity index is 1.66. The van der Waals surface area contributed by atoms with Crippen LogP contribution >= 0.6 is 0 Å². The zero-order valence-electron chi connectivity index (χ0n) is 12.0. The number of anilines is 1. The van der Waals surface area contributed by atoms with Crippen LogP contribution in [-0.2, 0) is 6.42 Å². The van der Waals surface area contributed by atoms with Gasteiger partial charge in [0.2, 0.25) is 0 Å². The Labute approximate surface area is 116 Å². The second kappa shape index (κ2) is 5.16. The van der Waals surface area contributed by atoms with Gasteiger partial charge in [0.15, 0.2) is 0 Å². The van der Waals surface area contributed by atoms with Crippen molar-refractivity contribution in [2.75, 3.05) is 12.3 Å². The minimum Gasteiger partial charge on any atom is -0.399 e. The third-order valence-corrected chi connectivity index (χ3v) is 5.38. The number of nitrogens with two attached hydrogens (primary N) is 1. The van der Waals surface area contributed by atoms with Crippen molar-refractivity contribution in [1.82, 2.24) is 5.32 Å². The first-order valence-electron chi connectivity index (χ1n) is 7.84. The first kappa shape index (κ1) is 13.0. The molecule has 0 amide bonds. The van der Waals surface area contributed by atoms with Gasteiger partial charge in [-0.25, -0.2) is 0 Å². The monoisotopic (exact) mass is 258 g/mol. The smallest absolute Gasteiger partial charge is 0.0326 e. The standard InChI is InChI=1S/C17H26N2/c1-2-17(9-3-4-10-17)12-19-16-8-5-13-11-14(18)6-7-15(13)16/h6-7,11,16,19H,2-5,8-10,12,18H2,1H3. The van der Waals surface area contributed by atoms with Gasteiger partial charge in [-0.15, -0.1) is 0 Å². The van der Waals surface area contributed by atoms with E-state index >= 15 is 0 Å². The van der Waals surface area contributed by atoms with E-state index in [0.29, 0.717) is 11.5 Å². The number of aryl methyl sites for hydroxylation is 1. The van der Waals surface area contributed by atoms with Gasteiger partial charge in [0.1, 0.15) is 0 Å². The van der Waals surface area contributed by atoms with E-state index in [-0.39, 0.29) is 0 Å². The van der Waals surface area contributed by atoms with Crippen molar-refractivity contribution < 1.29 is 0 Å². The molecule has 19 heavy (non-hydrogen) atoms. The lowest BCUT2D eigenvalue weighted by molar-refractivity contribution is 0.255. The molecule has 0 aromatic heterocycles. The van der Waals surface area contributed by atoms with E-state index in [2.05, 4.69) is 24.4 Å². The van der Waals surface area contributed by atoms with Crippen LogP contribution in [0.5, 0.6) is 0 Å². The maximum Gasteiger partial charge on any atom is 0.0326 e. The van der Waals surface area contributed by atoms with Crippen LogP contribution in [0.2, 0.25) is 0 Å². The van der Waals surface area contributed by atoms with Crippen LogP contribution in [0.3, 0.4) is 0 Å². The normalized spacial score (nSPS) is 24.6. The Kier molecular flexibility index (Phi) is 3.53. The topological polar surface area (TPSA) is 38.0 Å². The van der Waals surface area contributed by atoms with Gasteiger partial charge in [0.05, 0.1) is 0 Å². The second-order valence-electron chi connectivity index (χ2n) is 6.49. The molecule has 1 aromatic carbocycles. The van der Waals surface area contributed by atoms with Crippen LogP contribution in [-0.4, -0.2) is 6.54 Å². The number of nitrogen functional groups attached to an aromatic ring is 1. The van der Waals surface area contributed by atoms with Gasteiger partial charge in [0, 0.05) is 18.3 Å². The number of benzene rings is 1. The third-order valence-electron chi connectivity index (χ3n) is 5.38. The van der Waals surface area contributed by atoms with Gasteiger partial charge in [-0.1, -0.05) is 25.8 Å². The Hall–Kier alpha value is -1.02. The molecule has 1 unspecified atom stereocenters. The van der Waals surface area contributed by atoms with Crippen molar-refractivity contribution in [3.05, 3.63) is 29.3 Å². The predicted molar refractivity (Wildman–Crippen MR) is 81.1 cm³/mol. The fraction of sp³-hybridized carbons (Fsp3) is 0.647. The number of fused-ring (bicyclic) bond motifs is 1. The Morgan fingerprint density at radius 3 is 2.84 bits per heavy atom. The molecule has 1 saturated carbocycles. The minimum atomic E-state index is 0.555. The van der Waals surface area contributed by atoms with E-state index in [9.17, 15) is 0 Å². The zero-order chi connectivity index (χ0) is 13.3. The van der Waals surface area contributed by atoms with Gasteiger partial charge >= 0.3 is 0 Å². The molecule has 2 aliphatic rings. The molecule has 0 spiro atoms. The highest BCUT2D eigenvalue weighted by Crippen LogP contribution is 2.41. The van der Waals surface area contributed by atoms with Crippen LogP contribution in [0.1, 0.15) is 62.6 Å². The predicted octanol–water partition coefficient (Wildman–Crippen LogP) is 3.82. The lowest BCUT2D eigenvalue weighted by Crippen LogP contribution is -2.33. The number of hydrogen-bond acceptors (Lipinski definition) is 2. The maximum absolute atomic E-state index is 5.87. The first-order valence-corrected chi connectivity index (χ1v) is 7.84. The summed E-state index contributed by atoms with van der Waals surface area (Å²) in [5, 5.41) is 3.85. The molecular weight excluding hydrogens is 232 g/mol. The largest absolute Gasteiger partial charge is 0.399 e. The average molecular weight is 258 g/mol. The lowest BCUT2D eigenvalue weighted by atomic mass is 9.83. The molecule has 1 atom stereocenters. The van der Waals surface area contributed by atoms with Gasteiger partial charge in [-0.2, -0.15) is 0 Å². The molecular formula is C17H26N2. The fourth-order valence-electron chi connectivity index (χ4n) is 3.97. The minimum absolute atomic E-state index is 0.555. The van der Waals surface area contributed by atoms with Gasteiger partial charge in [0.25, 0.3) is 0 Å². The molecule has 0 heterocycles. The number of hydrogen-bond donors (Lipinski definition) is 2. The Bertz CT molecular complexity index is 447. The summed E-state index contributed by atoms with van der Waals surface area (Å²) in [6, 6.07) is 6.98. The van der Waals surface area contributed by atoms with Crippen molar-refractivity contribution in [2.24, 2.45) is 5.41 Å². The molecule has 3 rings (SSSR count). The van der Waals surface area contributed by atoms with E-state index in [0.717, 1.165) is 5.69 Å². The molecule has 104 valence electrons. The molecule has 0 saturated heterocycles. The number of nitrogens with one attached hydrogen (secondary N) is 1. The number of rotatable bonds is 4. The summed E-state index contributed by atoms with van der Waals surface area (Å²) in [6.07, 6.45) is 9.41. The Morgan fingerprint density at radius 2 is 2.11 bits per heavy atom. The van der Waals surface area contributed by atoms with Crippen LogP contribution in [0.4, 0.5) is 5.69 Å². The molecule has 2 nitrogen and oxygen atoms in total. The highest BCUT2D eigenvalue weighted by atomic mass is 14.9. The quantitative estimate of drug-likeness (QED) is 0.806. The highest BCUT2D eigenvalue weighted by Gasteiger charge is 2.33. The van der Waals surface area contributed by atoms with Crippen molar-refractivity contribution in [1.29, 1.82) is 0 Å². The molecule has 1 fully saturated rings. The second-order valence-corrected chi connectivity index (χ2v) is 6.49. The van der Waals surface area contributed by atoms with Crippen LogP contribution in [0.25, 0.3) is 0 Å². The van der Waals surface area contributed by atoms with E-state index in [1.54, 1.807) is 0 Å². The molecule has 2 heteroatoms. The molecule has 0 bridgehead atoms.